The van der Waals surface area contributed by atoms with Crippen molar-refractivity contribution in [3.05, 3.63) is 45.2 Å². The lowest BCUT2D eigenvalue weighted by Crippen LogP contribution is -2.10. The molecule has 0 aliphatic heterocycles. The van der Waals surface area contributed by atoms with Crippen LogP contribution in [0.1, 0.15) is 42.4 Å². The van der Waals surface area contributed by atoms with E-state index in [-0.39, 0.29) is 6.04 Å². The third-order valence-electron chi connectivity index (χ3n) is 3.82. The van der Waals surface area contributed by atoms with Gasteiger partial charge in [-0.05, 0) is 51.0 Å². The van der Waals surface area contributed by atoms with E-state index in [4.69, 9.17) is 0 Å². The number of nitrogens with one attached hydrogen (secondary N) is 1. The number of nitrogens with zero attached hydrogens (tertiary/aromatic N) is 2. The van der Waals surface area contributed by atoms with Gasteiger partial charge in [0.15, 0.2) is 0 Å². The first-order valence-corrected chi connectivity index (χ1v) is 7.78. The summed E-state index contributed by atoms with van der Waals surface area (Å²) >= 11 is 3.53. The third kappa shape index (κ3) is 2.90. The highest BCUT2D eigenvalue weighted by Crippen LogP contribution is 2.28. The molecule has 0 amide bonds. The molecule has 0 radical (unpaired) electrons. The summed E-state index contributed by atoms with van der Waals surface area (Å²) < 4.78 is 3.08. The van der Waals surface area contributed by atoms with Crippen LogP contribution < -0.4 is 5.32 Å². The Balaban J connectivity index is 2.30. The quantitative estimate of drug-likeness (QED) is 0.889. The molecule has 20 heavy (non-hydrogen) atoms. The molecule has 0 saturated carbocycles. The van der Waals surface area contributed by atoms with Gasteiger partial charge >= 0.3 is 0 Å². The summed E-state index contributed by atoms with van der Waals surface area (Å²) in [5.74, 6) is 0. The summed E-state index contributed by atoms with van der Waals surface area (Å²) in [4.78, 5) is 0. The lowest BCUT2D eigenvalue weighted by Gasteiger charge is -2.19. The Morgan fingerprint density at radius 1 is 1.35 bits per heavy atom. The first-order chi connectivity index (χ1) is 9.43. The monoisotopic (exact) mass is 335 g/mol. The lowest BCUT2D eigenvalue weighted by atomic mass is 10.0. The van der Waals surface area contributed by atoms with Gasteiger partial charge in [-0.2, -0.15) is 5.10 Å². The minimum absolute atomic E-state index is 0.246. The molecule has 1 aromatic heterocycles. The van der Waals surface area contributed by atoms with Crippen LogP contribution in [-0.2, 0) is 13.5 Å². The van der Waals surface area contributed by atoms with Crippen LogP contribution in [0.25, 0.3) is 0 Å². The Labute approximate surface area is 129 Å². The number of aryl methyl sites for hydroxylation is 3. The standard InChI is InChI=1S/C16H22BrN3/c1-6-13-9-14(17)7-8-15(13)18-10(2)16-11(3)19-20(5)12(16)4/h7-10,18H,6H2,1-5H3. The molecular formula is C16H22BrN3. The van der Waals surface area contributed by atoms with E-state index in [1.165, 1.54) is 22.5 Å². The van der Waals surface area contributed by atoms with Crippen LogP contribution in [0.15, 0.2) is 22.7 Å². The predicted octanol–water partition coefficient (Wildman–Crippen LogP) is 4.53. The van der Waals surface area contributed by atoms with Crippen LogP contribution in [0.2, 0.25) is 0 Å². The first-order valence-electron chi connectivity index (χ1n) is 6.99. The molecule has 4 heteroatoms. The van der Waals surface area contributed by atoms with Crippen LogP contribution in [0.3, 0.4) is 0 Å². The van der Waals surface area contributed by atoms with Crippen LogP contribution in [0.5, 0.6) is 0 Å². The van der Waals surface area contributed by atoms with Gasteiger partial charge in [0.1, 0.15) is 0 Å². The van der Waals surface area contributed by atoms with Gasteiger partial charge in [-0.25, -0.2) is 0 Å². The maximum absolute atomic E-state index is 4.50. The van der Waals surface area contributed by atoms with Crippen LogP contribution >= 0.6 is 15.9 Å². The molecule has 2 aromatic rings. The van der Waals surface area contributed by atoms with Gasteiger partial charge in [0.05, 0.1) is 11.7 Å². The van der Waals surface area contributed by atoms with Gasteiger partial charge in [0.25, 0.3) is 0 Å². The largest absolute Gasteiger partial charge is 0.378 e. The molecule has 3 nitrogen and oxygen atoms in total. The van der Waals surface area contributed by atoms with Gasteiger partial charge in [-0.3, -0.25) is 4.68 Å². The molecule has 0 bridgehead atoms. The molecule has 2 rings (SSSR count). The molecule has 0 fully saturated rings. The van der Waals surface area contributed by atoms with Crippen molar-refractivity contribution < 1.29 is 0 Å². The molecule has 0 aliphatic carbocycles. The van der Waals surface area contributed by atoms with Crippen molar-refractivity contribution in [2.45, 2.75) is 40.2 Å². The smallest absolute Gasteiger partial charge is 0.0649 e. The first kappa shape index (κ1) is 15.1. The summed E-state index contributed by atoms with van der Waals surface area (Å²) in [6.07, 6.45) is 1.01. The zero-order valence-electron chi connectivity index (χ0n) is 12.8. The second kappa shape index (κ2) is 6.00. The van der Waals surface area contributed by atoms with Crippen molar-refractivity contribution in [2.24, 2.45) is 7.05 Å². The molecule has 1 atom stereocenters. The Kier molecular flexibility index (Phi) is 4.53. The van der Waals surface area contributed by atoms with Crippen molar-refractivity contribution in [3.8, 4) is 0 Å². The molecule has 0 spiro atoms. The van der Waals surface area contributed by atoms with E-state index in [1.54, 1.807) is 0 Å². The molecule has 1 heterocycles. The van der Waals surface area contributed by atoms with Crippen molar-refractivity contribution in [1.82, 2.24) is 9.78 Å². The maximum atomic E-state index is 4.50. The Bertz CT molecular complexity index is 616. The van der Waals surface area contributed by atoms with Crippen molar-refractivity contribution >= 4 is 21.6 Å². The van der Waals surface area contributed by atoms with Crippen molar-refractivity contribution in [3.63, 3.8) is 0 Å². The summed E-state index contributed by atoms with van der Waals surface area (Å²) in [6, 6.07) is 6.64. The molecule has 108 valence electrons. The number of anilines is 1. The Morgan fingerprint density at radius 2 is 2.05 bits per heavy atom. The molecular weight excluding hydrogens is 314 g/mol. The second-order valence-electron chi connectivity index (χ2n) is 5.23. The maximum Gasteiger partial charge on any atom is 0.0649 e. The van der Waals surface area contributed by atoms with E-state index in [0.29, 0.717) is 0 Å². The molecule has 1 aromatic carbocycles. The second-order valence-corrected chi connectivity index (χ2v) is 6.14. The summed E-state index contributed by atoms with van der Waals surface area (Å²) in [7, 11) is 2.00. The number of benzene rings is 1. The zero-order chi connectivity index (χ0) is 14.9. The van der Waals surface area contributed by atoms with Crippen molar-refractivity contribution in [2.75, 3.05) is 5.32 Å². The van der Waals surface area contributed by atoms with Gasteiger partial charge in [0.2, 0.25) is 0 Å². The summed E-state index contributed by atoms with van der Waals surface area (Å²) in [5.41, 5.74) is 6.13. The highest BCUT2D eigenvalue weighted by molar-refractivity contribution is 9.10. The topological polar surface area (TPSA) is 29.9 Å². The average molecular weight is 336 g/mol. The molecule has 0 saturated heterocycles. The fourth-order valence-corrected chi connectivity index (χ4v) is 3.13. The minimum atomic E-state index is 0.246. The highest BCUT2D eigenvalue weighted by atomic mass is 79.9. The number of aromatic nitrogens is 2. The zero-order valence-corrected chi connectivity index (χ0v) is 14.4. The van der Waals surface area contributed by atoms with E-state index >= 15 is 0 Å². The lowest BCUT2D eigenvalue weighted by molar-refractivity contribution is 0.728. The Morgan fingerprint density at radius 3 is 2.60 bits per heavy atom. The fraction of sp³-hybridized carbons (Fsp3) is 0.438. The van der Waals surface area contributed by atoms with Gasteiger partial charge in [0, 0.05) is 28.5 Å². The number of halogens is 1. The van der Waals surface area contributed by atoms with E-state index in [9.17, 15) is 0 Å². The molecule has 0 aliphatic rings. The summed E-state index contributed by atoms with van der Waals surface area (Å²) in [6.45, 7) is 8.56. The van der Waals surface area contributed by atoms with E-state index in [2.05, 4.69) is 72.2 Å². The van der Waals surface area contributed by atoms with Gasteiger partial charge in [-0.1, -0.05) is 22.9 Å². The molecule has 1 N–H and O–H groups in total. The summed E-state index contributed by atoms with van der Waals surface area (Å²) in [5, 5.41) is 8.12. The minimum Gasteiger partial charge on any atom is -0.378 e. The van der Waals surface area contributed by atoms with E-state index < -0.39 is 0 Å². The number of rotatable bonds is 4. The third-order valence-corrected chi connectivity index (χ3v) is 4.31. The van der Waals surface area contributed by atoms with Crippen molar-refractivity contribution in [1.29, 1.82) is 0 Å². The fourth-order valence-electron chi connectivity index (χ4n) is 2.72. The average Bonchev–Trinajstić information content (AvgIpc) is 2.65. The SMILES string of the molecule is CCc1cc(Br)ccc1NC(C)c1c(C)nn(C)c1C. The van der Waals surface area contributed by atoms with E-state index in [0.717, 1.165) is 16.6 Å². The number of hydrogen-bond donors (Lipinski definition) is 1. The number of hydrogen-bond acceptors (Lipinski definition) is 2. The predicted molar refractivity (Wildman–Crippen MR) is 88.2 cm³/mol. The van der Waals surface area contributed by atoms with E-state index in [1.807, 2.05) is 11.7 Å². The van der Waals surface area contributed by atoms with Crippen LogP contribution in [0, 0.1) is 13.8 Å². The van der Waals surface area contributed by atoms with Crippen LogP contribution in [-0.4, -0.2) is 9.78 Å². The van der Waals surface area contributed by atoms with Gasteiger partial charge in [-0.15, -0.1) is 0 Å². The Hall–Kier alpha value is -1.29. The molecule has 1 unspecified atom stereocenters. The van der Waals surface area contributed by atoms with Gasteiger partial charge < -0.3 is 5.32 Å². The normalized spacial score (nSPS) is 12.5. The van der Waals surface area contributed by atoms with Crippen LogP contribution in [0.4, 0.5) is 5.69 Å². The highest BCUT2D eigenvalue weighted by Gasteiger charge is 2.16.